The molecule has 0 atom stereocenters. The highest BCUT2D eigenvalue weighted by Crippen LogP contribution is 2.28. The second-order valence-electron chi connectivity index (χ2n) is 2.68. The van der Waals surface area contributed by atoms with Gasteiger partial charge in [0, 0.05) is 3.57 Å². The molecule has 1 rings (SSSR count). The molecule has 0 bridgehead atoms. The van der Waals surface area contributed by atoms with Crippen LogP contribution in [0.1, 0.15) is 10.4 Å². The SMILES string of the molecule is O=C(CI)Oc1c(I)cc(I)cc1C(=O)O. The summed E-state index contributed by atoms with van der Waals surface area (Å²) < 4.78 is 6.58. The molecular formula is C9H5I3O4. The predicted octanol–water partition coefficient (Wildman–Crippen LogP) is 2.93. The zero-order valence-electron chi connectivity index (χ0n) is 7.67. The molecule has 0 saturated carbocycles. The molecule has 86 valence electrons. The van der Waals surface area contributed by atoms with Crippen molar-refractivity contribution in [1.82, 2.24) is 0 Å². The maximum Gasteiger partial charge on any atom is 0.339 e. The minimum atomic E-state index is -1.10. The monoisotopic (exact) mass is 558 g/mol. The molecule has 0 aliphatic heterocycles. The molecule has 4 nitrogen and oxygen atoms in total. The van der Waals surface area contributed by atoms with Crippen LogP contribution < -0.4 is 4.74 Å². The zero-order valence-corrected chi connectivity index (χ0v) is 14.1. The number of carboxylic acid groups (broad SMARTS) is 1. The molecule has 0 unspecified atom stereocenters. The van der Waals surface area contributed by atoms with Gasteiger partial charge in [0.15, 0.2) is 5.75 Å². The fraction of sp³-hybridized carbons (Fsp3) is 0.111. The summed E-state index contributed by atoms with van der Waals surface area (Å²) in [6, 6.07) is 3.23. The van der Waals surface area contributed by atoms with Gasteiger partial charge in [-0.2, -0.15) is 0 Å². The predicted molar refractivity (Wildman–Crippen MR) is 83.4 cm³/mol. The van der Waals surface area contributed by atoms with Crippen molar-refractivity contribution >= 4 is 79.7 Å². The van der Waals surface area contributed by atoms with E-state index in [0.29, 0.717) is 3.57 Å². The Morgan fingerprint density at radius 1 is 1.31 bits per heavy atom. The second-order valence-corrected chi connectivity index (χ2v) is 5.85. The van der Waals surface area contributed by atoms with Crippen molar-refractivity contribution in [2.24, 2.45) is 0 Å². The molecule has 16 heavy (non-hydrogen) atoms. The van der Waals surface area contributed by atoms with Gasteiger partial charge in [0.1, 0.15) is 5.56 Å². The van der Waals surface area contributed by atoms with Gasteiger partial charge in [-0.1, -0.05) is 22.6 Å². The summed E-state index contributed by atoms with van der Waals surface area (Å²) in [7, 11) is 0. The Kier molecular flexibility index (Phi) is 5.70. The van der Waals surface area contributed by atoms with Gasteiger partial charge in [-0.15, -0.1) is 0 Å². The van der Waals surface area contributed by atoms with Crippen LogP contribution in [0.25, 0.3) is 0 Å². The quantitative estimate of drug-likeness (QED) is 0.269. The summed E-state index contributed by atoms with van der Waals surface area (Å²) in [6.07, 6.45) is 0. The molecule has 7 heteroatoms. The highest BCUT2D eigenvalue weighted by molar-refractivity contribution is 14.1. The molecule has 0 heterocycles. The summed E-state index contributed by atoms with van der Waals surface area (Å²) in [5.41, 5.74) is 0.00880. The molecule has 0 amide bonds. The number of halogens is 3. The maximum absolute atomic E-state index is 11.2. The molecule has 1 N–H and O–H groups in total. The van der Waals surface area contributed by atoms with Crippen molar-refractivity contribution in [3.63, 3.8) is 0 Å². The van der Waals surface area contributed by atoms with Crippen LogP contribution in [0, 0.1) is 7.14 Å². The average Bonchev–Trinajstić information content (AvgIpc) is 2.20. The second kappa shape index (κ2) is 6.33. The van der Waals surface area contributed by atoms with E-state index in [9.17, 15) is 9.59 Å². The van der Waals surface area contributed by atoms with Crippen LogP contribution >= 0.6 is 67.8 Å². The molecular weight excluding hydrogens is 553 g/mol. The molecule has 1 aromatic carbocycles. The van der Waals surface area contributed by atoms with Crippen molar-refractivity contribution in [2.45, 2.75) is 0 Å². The molecule has 0 saturated heterocycles. The van der Waals surface area contributed by atoms with Crippen LogP contribution in [0.15, 0.2) is 12.1 Å². The van der Waals surface area contributed by atoms with E-state index in [1.54, 1.807) is 6.07 Å². The molecule has 0 aromatic heterocycles. The first-order valence-corrected chi connectivity index (χ1v) is 7.63. The lowest BCUT2D eigenvalue weighted by molar-refractivity contribution is -0.131. The smallest absolute Gasteiger partial charge is 0.339 e. The van der Waals surface area contributed by atoms with E-state index in [2.05, 4.69) is 0 Å². The first kappa shape index (κ1) is 14.4. The number of ether oxygens (including phenoxy) is 1. The van der Waals surface area contributed by atoms with E-state index in [4.69, 9.17) is 9.84 Å². The Hall–Kier alpha value is 0.350. The molecule has 1 aromatic rings. The fourth-order valence-corrected chi connectivity index (χ4v) is 3.07. The lowest BCUT2D eigenvalue weighted by Gasteiger charge is -2.09. The number of carbonyl (C=O) groups is 2. The number of carbonyl (C=O) groups excluding carboxylic acids is 1. The van der Waals surface area contributed by atoms with Crippen LogP contribution in [0.4, 0.5) is 0 Å². The summed E-state index contributed by atoms with van der Waals surface area (Å²) in [5, 5.41) is 9.00. The molecule has 0 spiro atoms. The number of aromatic carboxylic acids is 1. The number of hydrogen-bond acceptors (Lipinski definition) is 3. The van der Waals surface area contributed by atoms with Crippen LogP contribution in [0.5, 0.6) is 5.75 Å². The topological polar surface area (TPSA) is 63.6 Å². The summed E-state index contributed by atoms with van der Waals surface area (Å²) in [5.74, 6) is -1.44. The molecule has 0 radical (unpaired) electrons. The van der Waals surface area contributed by atoms with Crippen molar-refractivity contribution in [1.29, 1.82) is 0 Å². The van der Waals surface area contributed by atoms with Crippen LogP contribution in [0.2, 0.25) is 0 Å². The first-order chi connectivity index (χ1) is 7.45. The van der Waals surface area contributed by atoms with Gasteiger partial charge in [0.05, 0.1) is 8.00 Å². The van der Waals surface area contributed by atoms with Gasteiger partial charge in [-0.3, -0.25) is 4.79 Å². The third-order valence-corrected chi connectivity index (χ3v) is 3.61. The number of hydrogen-bond donors (Lipinski definition) is 1. The van der Waals surface area contributed by atoms with Gasteiger partial charge in [0.25, 0.3) is 0 Å². The Morgan fingerprint density at radius 3 is 2.44 bits per heavy atom. The Labute approximate surface area is 133 Å². The Balaban J connectivity index is 3.24. The van der Waals surface area contributed by atoms with Crippen molar-refractivity contribution in [2.75, 3.05) is 4.43 Å². The van der Waals surface area contributed by atoms with Crippen LogP contribution in [-0.4, -0.2) is 21.5 Å². The highest BCUT2D eigenvalue weighted by Gasteiger charge is 2.18. The van der Waals surface area contributed by atoms with E-state index < -0.39 is 11.9 Å². The van der Waals surface area contributed by atoms with Crippen molar-refractivity contribution < 1.29 is 19.4 Å². The van der Waals surface area contributed by atoms with E-state index in [1.165, 1.54) is 6.07 Å². The van der Waals surface area contributed by atoms with Crippen LogP contribution in [-0.2, 0) is 4.79 Å². The summed E-state index contributed by atoms with van der Waals surface area (Å²) in [6.45, 7) is 0. The van der Waals surface area contributed by atoms with Gasteiger partial charge in [0.2, 0.25) is 0 Å². The third-order valence-electron chi connectivity index (χ3n) is 1.56. The van der Waals surface area contributed by atoms with Gasteiger partial charge in [-0.05, 0) is 57.3 Å². The minimum Gasteiger partial charge on any atom is -0.478 e. The molecule has 0 fully saturated rings. The average molecular weight is 558 g/mol. The van der Waals surface area contributed by atoms with Crippen molar-refractivity contribution in [3.05, 3.63) is 24.8 Å². The highest BCUT2D eigenvalue weighted by atomic mass is 127. The normalized spacial score (nSPS) is 9.94. The Bertz CT molecular complexity index is 445. The summed E-state index contributed by atoms with van der Waals surface area (Å²) >= 11 is 5.82. The van der Waals surface area contributed by atoms with Gasteiger partial charge >= 0.3 is 11.9 Å². The lowest BCUT2D eigenvalue weighted by atomic mass is 10.2. The number of esters is 1. The largest absolute Gasteiger partial charge is 0.478 e. The van der Waals surface area contributed by atoms with Gasteiger partial charge in [-0.25, -0.2) is 4.79 Å². The van der Waals surface area contributed by atoms with Crippen LogP contribution in [0.3, 0.4) is 0 Å². The van der Waals surface area contributed by atoms with E-state index in [1.807, 2.05) is 67.8 Å². The fourth-order valence-electron chi connectivity index (χ4n) is 0.964. The standard InChI is InChI=1S/C9H5I3O4/c10-3-7(13)16-8-5(9(14)15)1-4(11)2-6(8)12/h1-2H,3H2,(H,14,15). The van der Waals surface area contributed by atoms with Gasteiger partial charge < -0.3 is 9.84 Å². The Morgan fingerprint density at radius 2 is 1.94 bits per heavy atom. The number of rotatable bonds is 3. The first-order valence-electron chi connectivity index (χ1n) is 3.94. The van der Waals surface area contributed by atoms with E-state index >= 15 is 0 Å². The number of benzene rings is 1. The maximum atomic E-state index is 11.2. The van der Waals surface area contributed by atoms with Crippen molar-refractivity contribution in [3.8, 4) is 5.75 Å². The number of alkyl halides is 1. The lowest BCUT2D eigenvalue weighted by Crippen LogP contribution is -2.13. The minimum absolute atomic E-state index is 0.00880. The van der Waals surface area contributed by atoms with E-state index in [0.717, 1.165) is 3.57 Å². The third kappa shape index (κ3) is 3.68. The zero-order chi connectivity index (χ0) is 12.3. The summed E-state index contributed by atoms with van der Waals surface area (Å²) in [4.78, 5) is 22.2. The molecule has 0 aliphatic carbocycles. The number of carboxylic acids is 1. The van der Waals surface area contributed by atoms with E-state index in [-0.39, 0.29) is 15.7 Å². The molecule has 0 aliphatic rings.